The topological polar surface area (TPSA) is 49.4 Å². The standard InChI is InChI=1S/C10H11O3P.Na/c1-3-9-5-7-10(8-6-9)14(11,12)13-4-2;/h1,5-8H,4H2,2H3,(H,11,12);/q;+1/p-1. The Kier molecular flexibility index (Phi) is 6.47. The predicted octanol–water partition coefficient (Wildman–Crippen LogP) is -2.11. The van der Waals surface area contributed by atoms with Crippen LogP contribution in [0.2, 0.25) is 0 Å². The zero-order chi connectivity index (χ0) is 10.6. The maximum absolute atomic E-state index is 11.4. The van der Waals surface area contributed by atoms with Crippen molar-refractivity contribution in [1.29, 1.82) is 0 Å². The fraction of sp³-hybridized carbons (Fsp3) is 0.200. The van der Waals surface area contributed by atoms with Gasteiger partial charge in [0.05, 0.1) is 6.61 Å². The molecular weight excluding hydrogens is 222 g/mol. The molecule has 0 fully saturated rings. The zero-order valence-corrected chi connectivity index (χ0v) is 11.7. The molecule has 1 unspecified atom stereocenters. The minimum atomic E-state index is -3.89. The van der Waals surface area contributed by atoms with E-state index in [0.717, 1.165) is 0 Å². The third-order valence-electron chi connectivity index (χ3n) is 1.65. The summed E-state index contributed by atoms with van der Waals surface area (Å²) in [6.07, 6.45) is 5.14. The molecule has 0 aliphatic heterocycles. The Morgan fingerprint density at radius 2 is 2.00 bits per heavy atom. The molecule has 0 aliphatic rings. The molecule has 0 saturated carbocycles. The molecule has 0 saturated heterocycles. The maximum Gasteiger partial charge on any atom is 1.00 e. The number of terminal acetylenes is 1. The summed E-state index contributed by atoms with van der Waals surface area (Å²) in [7, 11) is -3.89. The van der Waals surface area contributed by atoms with Gasteiger partial charge in [-0.3, -0.25) is 0 Å². The van der Waals surface area contributed by atoms with Crippen LogP contribution in [-0.4, -0.2) is 6.61 Å². The summed E-state index contributed by atoms with van der Waals surface area (Å²) in [4.78, 5) is 11.4. The molecule has 1 rings (SSSR count). The monoisotopic (exact) mass is 232 g/mol. The Labute approximate surface area is 112 Å². The van der Waals surface area contributed by atoms with E-state index in [1.54, 1.807) is 19.1 Å². The van der Waals surface area contributed by atoms with Crippen molar-refractivity contribution in [3.05, 3.63) is 29.8 Å². The van der Waals surface area contributed by atoms with Gasteiger partial charge in [-0.05, 0) is 31.2 Å². The van der Waals surface area contributed by atoms with Gasteiger partial charge in [0.25, 0.3) is 0 Å². The Morgan fingerprint density at radius 3 is 2.40 bits per heavy atom. The van der Waals surface area contributed by atoms with Gasteiger partial charge in [-0.2, -0.15) is 0 Å². The molecule has 0 radical (unpaired) electrons. The molecule has 3 nitrogen and oxygen atoms in total. The van der Waals surface area contributed by atoms with Crippen LogP contribution in [0.25, 0.3) is 0 Å². The van der Waals surface area contributed by atoms with E-state index in [4.69, 9.17) is 6.42 Å². The van der Waals surface area contributed by atoms with Crippen molar-refractivity contribution in [2.75, 3.05) is 6.61 Å². The van der Waals surface area contributed by atoms with Gasteiger partial charge < -0.3 is 14.0 Å². The summed E-state index contributed by atoms with van der Waals surface area (Å²) in [6, 6.07) is 6.02. The van der Waals surface area contributed by atoms with Crippen LogP contribution in [0.3, 0.4) is 0 Å². The molecule has 0 aliphatic carbocycles. The fourth-order valence-electron chi connectivity index (χ4n) is 0.985. The Balaban J connectivity index is 0.00000196. The number of benzene rings is 1. The van der Waals surface area contributed by atoms with E-state index in [2.05, 4.69) is 10.4 Å². The summed E-state index contributed by atoms with van der Waals surface area (Å²) >= 11 is 0. The second kappa shape index (κ2) is 6.50. The van der Waals surface area contributed by atoms with Crippen molar-refractivity contribution in [3.8, 4) is 12.3 Å². The van der Waals surface area contributed by atoms with Gasteiger partial charge in [-0.25, -0.2) is 0 Å². The number of hydrogen-bond acceptors (Lipinski definition) is 3. The summed E-state index contributed by atoms with van der Waals surface area (Å²) in [5.74, 6) is 2.41. The van der Waals surface area contributed by atoms with Crippen molar-refractivity contribution in [2.24, 2.45) is 0 Å². The van der Waals surface area contributed by atoms with Gasteiger partial charge in [0.1, 0.15) is 0 Å². The third-order valence-corrected chi connectivity index (χ3v) is 3.18. The molecule has 1 atom stereocenters. The molecule has 0 N–H and O–H groups in total. The Morgan fingerprint density at radius 1 is 1.47 bits per heavy atom. The molecular formula is C10H10NaO3P. The van der Waals surface area contributed by atoms with Gasteiger partial charge in [-0.1, -0.05) is 5.92 Å². The SMILES string of the molecule is C#Cc1ccc(P(=O)([O-])OCC)cc1.[Na+]. The van der Waals surface area contributed by atoms with E-state index >= 15 is 0 Å². The van der Waals surface area contributed by atoms with Crippen molar-refractivity contribution in [2.45, 2.75) is 6.92 Å². The van der Waals surface area contributed by atoms with E-state index in [1.807, 2.05) is 0 Å². The Hall–Kier alpha value is -0.0700. The largest absolute Gasteiger partial charge is 1.00 e. The third kappa shape index (κ3) is 4.12. The second-order valence-corrected chi connectivity index (χ2v) is 4.38. The number of rotatable bonds is 3. The molecule has 1 aromatic rings. The van der Waals surface area contributed by atoms with Crippen molar-refractivity contribution in [1.82, 2.24) is 0 Å². The van der Waals surface area contributed by atoms with Gasteiger partial charge in [0.15, 0.2) is 7.60 Å². The fourth-order valence-corrected chi connectivity index (χ4v) is 1.99. The van der Waals surface area contributed by atoms with Crippen LogP contribution in [-0.2, 0) is 9.09 Å². The second-order valence-electron chi connectivity index (χ2n) is 2.61. The van der Waals surface area contributed by atoms with Crippen LogP contribution in [0, 0.1) is 12.3 Å². The van der Waals surface area contributed by atoms with Gasteiger partial charge in [0, 0.05) is 10.9 Å². The Bertz CT molecular complexity index is 394. The van der Waals surface area contributed by atoms with Gasteiger partial charge in [-0.15, -0.1) is 6.42 Å². The van der Waals surface area contributed by atoms with E-state index < -0.39 is 7.60 Å². The summed E-state index contributed by atoms with van der Waals surface area (Å²) in [5, 5.41) is 0.151. The summed E-state index contributed by atoms with van der Waals surface area (Å²) < 4.78 is 16.0. The van der Waals surface area contributed by atoms with Crippen LogP contribution in [0.1, 0.15) is 12.5 Å². The van der Waals surface area contributed by atoms with E-state index in [1.165, 1.54) is 12.1 Å². The van der Waals surface area contributed by atoms with Crippen LogP contribution in [0.15, 0.2) is 24.3 Å². The first kappa shape index (κ1) is 14.9. The molecule has 1 aromatic carbocycles. The average molecular weight is 232 g/mol. The zero-order valence-electron chi connectivity index (χ0n) is 8.77. The molecule has 15 heavy (non-hydrogen) atoms. The molecule has 0 amide bonds. The van der Waals surface area contributed by atoms with E-state index in [9.17, 15) is 9.46 Å². The minimum Gasteiger partial charge on any atom is -0.775 e. The molecule has 5 heteroatoms. The smallest absolute Gasteiger partial charge is 0.775 e. The van der Waals surface area contributed by atoms with Crippen molar-refractivity contribution in [3.63, 3.8) is 0 Å². The average Bonchev–Trinajstić information content (AvgIpc) is 2.18. The molecule has 0 aromatic heterocycles. The predicted molar refractivity (Wildman–Crippen MR) is 53.2 cm³/mol. The van der Waals surface area contributed by atoms with Gasteiger partial charge >= 0.3 is 29.6 Å². The van der Waals surface area contributed by atoms with Crippen LogP contribution in [0.5, 0.6) is 0 Å². The molecule has 0 spiro atoms. The quantitative estimate of drug-likeness (QED) is 0.340. The summed E-state index contributed by atoms with van der Waals surface area (Å²) in [5.41, 5.74) is 0.644. The van der Waals surface area contributed by atoms with Gasteiger partial charge in [0.2, 0.25) is 0 Å². The van der Waals surface area contributed by atoms with Crippen LogP contribution in [0.4, 0.5) is 0 Å². The molecule has 74 valence electrons. The maximum atomic E-state index is 11.4. The molecule has 0 heterocycles. The minimum absolute atomic E-state index is 0. The van der Waals surface area contributed by atoms with E-state index in [-0.39, 0.29) is 41.5 Å². The van der Waals surface area contributed by atoms with Crippen molar-refractivity contribution < 1.29 is 43.5 Å². The van der Waals surface area contributed by atoms with Crippen LogP contribution < -0.4 is 39.8 Å². The number of hydrogen-bond donors (Lipinski definition) is 0. The van der Waals surface area contributed by atoms with Crippen molar-refractivity contribution >= 4 is 12.9 Å². The first-order valence-electron chi connectivity index (χ1n) is 4.13. The first-order chi connectivity index (χ1) is 6.60. The summed E-state index contributed by atoms with van der Waals surface area (Å²) in [6.45, 7) is 1.76. The van der Waals surface area contributed by atoms with E-state index in [0.29, 0.717) is 5.56 Å². The first-order valence-corrected chi connectivity index (χ1v) is 5.67. The molecule has 0 bridgehead atoms. The van der Waals surface area contributed by atoms with Crippen LogP contribution >= 0.6 is 7.60 Å². The normalized spacial score (nSPS) is 13.4.